The molecule has 6 heteroatoms. The van der Waals surface area contributed by atoms with Crippen molar-refractivity contribution < 1.29 is 14.1 Å². The molecule has 0 saturated carbocycles. The van der Waals surface area contributed by atoms with Gasteiger partial charge in [-0.1, -0.05) is 5.16 Å². The summed E-state index contributed by atoms with van der Waals surface area (Å²) < 4.78 is 9.80. The van der Waals surface area contributed by atoms with Crippen LogP contribution in [0.3, 0.4) is 0 Å². The van der Waals surface area contributed by atoms with E-state index in [0.29, 0.717) is 17.1 Å². The van der Waals surface area contributed by atoms with Crippen LogP contribution in [0.15, 0.2) is 41.1 Å². The van der Waals surface area contributed by atoms with Gasteiger partial charge in [-0.2, -0.15) is 5.26 Å². The lowest BCUT2D eigenvalue weighted by molar-refractivity contribution is -0.118. The van der Waals surface area contributed by atoms with Gasteiger partial charge in [0.25, 0.3) is 5.91 Å². The summed E-state index contributed by atoms with van der Waals surface area (Å²) in [6, 6.07) is 10.0. The Hall–Kier alpha value is -2.81. The molecule has 1 aromatic carbocycles. The Kier molecular flexibility index (Phi) is 3.56. The molecule has 2 rings (SSSR count). The molecule has 0 aliphatic heterocycles. The Morgan fingerprint density at radius 2 is 2.17 bits per heavy atom. The summed E-state index contributed by atoms with van der Waals surface area (Å²) in [7, 11) is 0. The van der Waals surface area contributed by atoms with Crippen molar-refractivity contribution in [1.29, 1.82) is 5.26 Å². The Morgan fingerprint density at radius 1 is 1.39 bits per heavy atom. The minimum absolute atomic E-state index is 0.140. The minimum atomic E-state index is -0.340. The SMILES string of the molecule is N#Cc1ccc(OCC(=O)Nc2ccon2)cc1. The zero-order valence-corrected chi connectivity index (χ0v) is 9.29. The molecule has 0 unspecified atom stereocenters. The molecule has 6 nitrogen and oxygen atoms in total. The maximum atomic E-state index is 11.4. The first-order chi connectivity index (χ1) is 8.78. The third-order valence-electron chi connectivity index (χ3n) is 2.06. The number of anilines is 1. The fraction of sp³-hybridized carbons (Fsp3) is 0.0833. The Balaban J connectivity index is 1.83. The highest BCUT2D eigenvalue weighted by Gasteiger charge is 2.05. The first-order valence-corrected chi connectivity index (χ1v) is 5.11. The zero-order valence-electron chi connectivity index (χ0n) is 9.29. The van der Waals surface area contributed by atoms with Gasteiger partial charge in [0, 0.05) is 6.07 Å². The number of nitrogens with zero attached hydrogens (tertiary/aromatic N) is 2. The normalized spacial score (nSPS) is 9.50. The van der Waals surface area contributed by atoms with Gasteiger partial charge in [0.15, 0.2) is 12.4 Å². The maximum Gasteiger partial charge on any atom is 0.263 e. The number of nitrogens with one attached hydrogen (secondary N) is 1. The van der Waals surface area contributed by atoms with Gasteiger partial charge in [0.05, 0.1) is 11.6 Å². The highest BCUT2D eigenvalue weighted by molar-refractivity contribution is 5.90. The summed E-state index contributed by atoms with van der Waals surface area (Å²) in [6.45, 7) is -0.140. The molecule has 1 N–H and O–H groups in total. The summed E-state index contributed by atoms with van der Waals surface area (Å²) in [5, 5.41) is 14.6. The number of carbonyl (C=O) groups excluding carboxylic acids is 1. The fourth-order valence-electron chi connectivity index (χ4n) is 1.23. The van der Waals surface area contributed by atoms with Gasteiger partial charge in [-0.25, -0.2) is 0 Å². The molecule has 0 bridgehead atoms. The lowest BCUT2D eigenvalue weighted by atomic mass is 10.2. The van der Waals surface area contributed by atoms with Crippen molar-refractivity contribution in [3.63, 3.8) is 0 Å². The summed E-state index contributed by atoms with van der Waals surface area (Å²) in [5.41, 5.74) is 0.536. The van der Waals surface area contributed by atoms with Crippen LogP contribution in [0.4, 0.5) is 5.82 Å². The van der Waals surface area contributed by atoms with Crippen LogP contribution in [0, 0.1) is 11.3 Å². The summed E-state index contributed by atoms with van der Waals surface area (Å²) in [5.74, 6) is 0.515. The first kappa shape index (κ1) is 11.7. The molecule has 0 fully saturated rings. The molecule has 0 aliphatic carbocycles. The van der Waals surface area contributed by atoms with Gasteiger partial charge in [0.2, 0.25) is 0 Å². The molecule has 2 aromatic rings. The number of hydrogen-bond donors (Lipinski definition) is 1. The molecule has 0 saturated heterocycles. The highest BCUT2D eigenvalue weighted by Crippen LogP contribution is 2.11. The number of carbonyl (C=O) groups is 1. The molecule has 18 heavy (non-hydrogen) atoms. The van der Waals surface area contributed by atoms with E-state index in [0.717, 1.165) is 0 Å². The van der Waals surface area contributed by atoms with Gasteiger partial charge in [-0.05, 0) is 24.3 Å². The number of rotatable bonds is 4. The highest BCUT2D eigenvalue weighted by atomic mass is 16.5. The Morgan fingerprint density at radius 3 is 2.78 bits per heavy atom. The van der Waals surface area contributed by atoms with E-state index in [4.69, 9.17) is 10.00 Å². The lowest BCUT2D eigenvalue weighted by Crippen LogP contribution is -2.20. The van der Waals surface area contributed by atoms with Crippen molar-refractivity contribution in [1.82, 2.24) is 5.16 Å². The fourth-order valence-corrected chi connectivity index (χ4v) is 1.23. The van der Waals surface area contributed by atoms with Gasteiger partial charge < -0.3 is 14.6 Å². The van der Waals surface area contributed by atoms with Crippen molar-refractivity contribution in [2.45, 2.75) is 0 Å². The van der Waals surface area contributed by atoms with E-state index in [1.54, 1.807) is 24.3 Å². The number of amides is 1. The van der Waals surface area contributed by atoms with Crippen LogP contribution in [-0.2, 0) is 4.79 Å². The van der Waals surface area contributed by atoms with Crippen LogP contribution >= 0.6 is 0 Å². The molecule has 0 aliphatic rings. The average Bonchev–Trinajstić information content (AvgIpc) is 2.90. The largest absolute Gasteiger partial charge is 0.484 e. The van der Waals surface area contributed by atoms with Crippen LogP contribution < -0.4 is 10.1 Å². The van der Waals surface area contributed by atoms with Gasteiger partial charge in [-0.15, -0.1) is 0 Å². The predicted octanol–water partition coefficient (Wildman–Crippen LogP) is 1.56. The van der Waals surface area contributed by atoms with E-state index < -0.39 is 0 Å². The van der Waals surface area contributed by atoms with Gasteiger partial charge >= 0.3 is 0 Å². The number of ether oxygens (including phenoxy) is 1. The molecule has 1 aromatic heterocycles. The van der Waals surface area contributed by atoms with E-state index >= 15 is 0 Å². The monoisotopic (exact) mass is 243 g/mol. The standard InChI is InChI=1S/C12H9N3O3/c13-7-9-1-3-10(4-2-9)17-8-12(16)14-11-5-6-18-15-11/h1-6H,8H2,(H,14,15,16). The van der Waals surface area contributed by atoms with Gasteiger partial charge in [0.1, 0.15) is 12.0 Å². The second-order valence-electron chi connectivity index (χ2n) is 3.36. The van der Waals surface area contributed by atoms with Crippen molar-refractivity contribution >= 4 is 11.7 Å². The minimum Gasteiger partial charge on any atom is -0.484 e. The van der Waals surface area contributed by atoms with Crippen LogP contribution in [0.2, 0.25) is 0 Å². The first-order valence-electron chi connectivity index (χ1n) is 5.11. The molecule has 0 radical (unpaired) electrons. The Labute approximate surface area is 103 Å². The molecule has 1 amide bonds. The maximum absolute atomic E-state index is 11.4. The Bertz CT molecular complexity index is 555. The number of aromatic nitrogens is 1. The van der Waals surface area contributed by atoms with Crippen molar-refractivity contribution in [3.8, 4) is 11.8 Å². The third-order valence-corrected chi connectivity index (χ3v) is 2.06. The molecular formula is C12H9N3O3. The van der Waals surface area contributed by atoms with E-state index in [2.05, 4.69) is 15.0 Å². The number of nitriles is 1. The van der Waals surface area contributed by atoms with Crippen molar-refractivity contribution in [3.05, 3.63) is 42.2 Å². The lowest BCUT2D eigenvalue weighted by Gasteiger charge is -2.05. The topological polar surface area (TPSA) is 88.1 Å². The molecule has 1 heterocycles. The summed E-state index contributed by atoms with van der Waals surface area (Å²) in [4.78, 5) is 11.4. The summed E-state index contributed by atoms with van der Waals surface area (Å²) >= 11 is 0. The summed E-state index contributed by atoms with van der Waals surface area (Å²) in [6.07, 6.45) is 1.36. The van der Waals surface area contributed by atoms with Crippen LogP contribution in [0.5, 0.6) is 5.75 Å². The molecule has 0 spiro atoms. The smallest absolute Gasteiger partial charge is 0.263 e. The predicted molar refractivity (Wildman–Crippen MR) is 61.8 cm³/mol. The van der Waals surface area contributed by atoms with Crippen molar-refractivity contribution in [2.24, 2.45) is 0 Å². The quantitative estimate of drug-likeness (QED) is 0.880. The average molecular weight is 243 g/mol. The second-order valence-corrected chi connectivity index (χ2v) is 3.36. The van der Waals surface area contributed by atoms with E-state index in [9.17, 15) is 4.79 Å². The molecular weight excluding hydrogens is 234 g/mol. The van der Waals surface area contributed by atoms with Crippen LogP contribution in [0.1, 0.15) is 5.56 Å². The van der Waals surface area contributed by atoms with E-state index in [1.807, 2.05) is 6.07 Å². The van der Waals surface area contributed by atoms with Crippen LogP contribution in [-0.4, -0.2) is 17.7 Å². The molecule has 90 valence electrons. The van der Waals surface area contributed by atoms with Crippen LogP contribution in [0.25, 0.3) is 0 Å². The zero-order chi connectivity index (χ0) is 12.8. The van der Waals surface area contributed by atoms with Gasteiger partial charge in [-0.3, -0.25) is 4.79 Å². The second kappa shape index (κ2) is 5.50. The number of benzene rings is 1. The van der Waals surface area contributed by atoms with Crippen molar-refractivity contribution in [2.75, 3.05) is 11.9 Å². The third kappa shape index (κ3) is 3.09. The van der Waals surface area contributed by atoms with E-state index in [1.165, 1.54) is 12.3 Å². The number of hydrogen-bond acceptors (Lipinski definition) is 5. The molecule has 0 atom stereocenters. The van der Waals surface area contributed by atoms with E-state index in [-0.39, 0.29) is 12.5 Å².